The molecule has 0 radical (unpaired) electrons. The largest absolute Gasteiger partial charge is 0.287 e. The van der Waals surface area contributed by atoms with Crippen LogP contribution in [-0.2, 0) is 0 Å². The van der Waals surface area contributed by atoms with Crippen LogP contribution >= 0.6 is 12.4 Å². The molecule has 0 aromatic rings. The molecule has 0 saturated carbocycles. The maximum absolute atomic E-state index is 8.41. The van der Waals surface area contributed by atoms with Crippen molar-refractivity contribution in [3.63, 3.8) is 0 Å². The summed E-state index contributed by atoms with van der Waals surface area (Å²) in [4.78, 5) is 3.72. The predicted octanol–water partition coefficient (Wildman–Crippen LogP) is 0.141. The van der Waals surface area contributed by atoms with Gasteiger partial charge in [-0.1, -0.05) is 0 Å². The quantitative estimate of drug-likeness (QED) is 0.496. The molecule has 4 heteroatoms. The predicted molar refractivity (Wildman–Crippen MR) is 29.1 cm³/mol. The van der Waals surface area contributed by atoms with Crippen molar-refractivity contribution in [2.24, 2.45) is 4.99 Å². The third-order valence-electron chi connectivity index (χ3n) is 0.673. The van der Waals surface area contributed by atoms with Gasteiger partial charge in [0.25, 0.3) is 0 Å². The van der Waals surface area contributed by atoms with Crippen LogP contribution < -0.4 is 0 Å². The highest BCUT2D eigenvalue weighted by molar-refractivity contribution is 5.85. The zero-order valence-electron chi connectivity index (χ0n) is 3.74. The molecule has 0 bridgehead atoms. The van der Waals surface area contributed by atoms with Crippen LogP contribution in [0.2, 0.25) is 0 Å². The average Bonchev–Trinajstić information content (AvgIpc) is 1.86. The molecule has 0 aliphatic carbocycles. The van der Waals surface area contributed by atoms with Gasteiger partial charge in [-0.2, -0.15) is 0 Å². The number of halogens is 1. The van der Waals surface area contributed by atoms with Gasteiger partial charge in [0.15, 0.2) is 0 Å². The van der Waals surface area contributed by atoms with Gasteiger partial charge in [0.1, 0.15) is 6.34 Å². The summed E-state index contributed by atoms with van der Waals surface area (Å²) < 4.78 is 0. The van der Waals surface area contributed by atoms with Gasteiger partial charge in [-0.25, -0.2) is 5.06 Å². The minimum Gasteiger partial charge on any atom is -0.287 e. The molecule has 0 atom stereocenters. The number of aliphatic imine (C=N–C) groups is 1. The molecule has 7 heavy (non-hydrogen) atoms. The second-order valence-corrected chi connectivity index (χ2v) is 1.18. The van der Waals surface area contributed by atoms with Crippen molar-refractivity contribution < 1.29 is 5.21 Å². The maximum atomic E-state index is 8.41. The van der Waals surface area contributed by atoms with E-state index in [4.69, 9.17) is 5.21 Å². The number of nitrogens with zero attached hydrogens (tertiary/aromatic N) is 2. The highest BCUT2D eigenvalue weighted by Gasteiger charge is 1.96. The van der Waals surface area contributed by atoms with E-state index >= 15 is 0 Å². The fourth-order valence-corrected chi connectivity index (χ4v) is 0.370. The molecule has 0 saturated heterocycles. The average molecular weight is 123 g/mol. The second kappa shape index (κ2) is 2.82. The number of hydrogen-bond donors (Lipinski definition) is 1. The third-order valence-corrected chi connectivity index (χ3v) is 0.673. The topological polar surface area (TPSA) is 35.8 Å². The van der Waals surface area contributed by atoms with Crippen molar-refractivity contribution in [3.8, 4) is 0 Å². The van der Waals surface area contributed by atoms with E-state index in [2.05, 4.69) is 4.99 Å². The Morgan fingerprint density at radius 3 is 2.57 bits per heavy atom. The van der Waals surface area contributed by atoms with Crippen LogP contribution in [0.15, 0.2) is 4.99 Å². The Kier molecular flexibility index (Phi) is 2.71. The first-order chi connectivity index (χ1) is 2.89. The Hall–Kier alpha value is -0.280. The van der Waals surface area contributed by atoms with E-state index < -0.39 is 0 Å². The van der Waals surface area contributed by atoms with Crippen molar-refractivity contribution in [3.05, 3.63) is 0 Å². The minimum absolute atomic E-state index is 0. The van der Waals surface area contributed by atoms with E-state index in [0.29, 0.717) is 6.54 Å². The molecule has 0 aromatic heterocycles. The summed E-state index contributed by atoms with van der Waals surface area (Å²) >= 11 is 0. The summed E-state index contributed by atoms with van der Waals surface area (Å²) in [6, 6.07) is 0. The molecule has 1 aliphatic rings. The van der Waals surface area contributed by atoms with Gasteiger partial charge in [-0.3, -0.25) is 10.2 Å². The van der Waals surface area contributed by atoms with Crippen LogP contribution in [-0.4, -0.2) is 29.7 Å². The number of rotatable bonds is 0. The van der Waals surface area contributed by atoms with E-state index in [9.17, 15) is 0 Å². The fourth-order valence-electron chi connectivity index (χ4n) is 0.370. The Labute approximate surface area is 48.0 Å². The van der Waals surface area contributed by atoms with Gasteiger partial charge in [-0.05, 0) is 0 Å². The molecule has 1 N–H and O–H groups in total. The third kappa shape index (κ3) is 1.75. The monoisotopic (exact) mass is 122 g/mol. The van der Waals surface area contributed by atoms with Crippen LogP contribution in [0.5, 0.6) is 0 Å². The lowest BCUT2D eigenvalue weighted by Gasteiger charge is -1.97. The zero-order valence-corrected chi connectivity index (χ0v) is 4.56. The van der Waals surface area contributed by atoms with E-state index in [1.807, 2.05) is 0 Å². The van der Waals surface area contributed by atoms with Gasteiger partial charge in [0.05, 0.1) is 13.1 Å². The van der Waals surface area contributed by atoms with Crippen LogP contribution in [0, 0.1) is 0 Å². The normalized spacial score (nSPS) is 17.0. The molecule has 42 valence electrons. The molecule has 1 rings (SSSR count). The lowest BCUT2D eigenvalue weighted by atomic mass is 10.7. The minimum atomic E-state index is 0. The lowest BCUT2D eigenvalue weighted by molar-refractivity contribution is 0.00310. The summed E-state index contributed by atoms with van der Waals surface area (Å²) in [5.41, 5.74) is 0. The highest BCUT2D eigenvalue weighted by atomic mass is 35.5. The molecule has 0 amide bonds. The van der Waals surface area contributed by atoms with Crippen molar-refractivity contribution in [1.29, 1.82) is 0 Å². The smallest absolute Gasteiger partial charge is 0.110 e. The molecule has 3 nitrogen and oxygen atoms in total. The number of hydroxylamine groups is 2. The molecule has 0 aromatic carbocycles. The van der Waals surface area contributed by atoms with E-state index in [1.54, 1.807) is 0 Å². The van der Waals surface area contributed by atoms with E-state index in [-0.39, 0.29) is 12.4 Å². The molecule has 1 aliphatic heterocycles. The molecule has 0 fully saturated rings. The Morgan fingerprint density at radius 1 is 1.71 bits per heavy atom. The van der Waals surface area contributed by atoms with Gasteiger partial charge in [0, 0.05) is 0 Å². The maximum Gasteiger partial charge on any atom is 0.110 e. The van der Waals surface area contributed by atoms with Gasteiger partial charge >= 0.3 is 0 Å². The summed E-state index contributed by atoms with van der Waals surface area (Å²) in [5.74, 6) is 0. The summed E-state index contributed by atoms with van der Waals surface area (Å²) in [5, 5.41) is 9.48. The SMILES string of the molecule is Cl.ON1C=NCC1. The van der Waals surface area contributed by atoms with E-state index in [1.165, 1.54) is 6.34 Å². The standard InChI is InChI=1S/C3H6N2O.ClH/c6-5-2-1-4-3-5;/h3,6H,1-2H2;1H. The van der Waals surface area contributed by atoms with Crippen molar-refractivity contribution in [1.82, 2.24) is 5.06 Å². The van der Waals surface area contributed by atoms with Crippen molar-refractivity contribution >= 4 is 18.7 Å². The Morgan fingerprint density at radius 2 is 2.43 bits per heavy atom. The lowest BCUT2D eigenvalue weighted by Crippen LogP contribution is -2.12. The Balaban J connectivity index is 0.000000360. The first kappa shape index (κ1) is 6.72. The first-order valence-electron chi connectivity index (χ1n) is 1.85. The van der Waals surface area contributed by atoms with Crippen LogP contribution in [0.3, 0.4) is 0 Å². The van der Waals surface area contributed by atoms with Crippen molar-refractivity contribution in [2.45, 2.75) is 0 Å². The van der Waals surface area contributed by atoms with Crippen LogP contribution in [0.25, 0.3) is 0 Å². The van der Waals surface area contributed by atoms with Gasteiger partial charge < -0.3 is 0 Å². The second-order valence-electron chi connectivity index (χ2n) is 1.18. The molecule has 0 unspecified atom stereocenters. The van der Waals surface area contributed by atoms with Crippen LogP contribution in [0.1, 0.15) is 0 Å². The summed E-state index contributed by atoms with van der Waals surface area (Å²) in [6.07, 6.45) is 1.42. The van der Waals surface area contributed by atoms with Crippen LogP contribution in [0.4, 0.5) is 0 Å². The first-order valence-corrected chi connectivity index (χ1v) is 1.85. The molecular weight excluding hydrogens is 115 g/mol. The van der Waals surface area contributed by atoms with E-state index in [0.717, 1.165) is 11.6 Å². The number of hydrogen-bond acceptors (Lipinski definition) is 3. The summed E-state index contributed by atoms with van der Waals surface area (Å²) in [6.45, 7) is 1.39. The zero-order chi connectivity index (χ0) is 4.41. The van der Waals surface area contributed by atoms with Gasteiger partial charge in [-0.15, -0.1) is 12.4 Å². The fraction of sp³-hybridized carbons (Fsp3) is 0.667. The molecular formula is C3H7ClN2O. The molecule has 1 heterocycles. The highest BCUT2D eigenvalue weighted by Crippen LogP contribution is 1.83. The Bertz CT molecular complexity index is 75.3. The van der Waals surface area contributed by atoms with Gasteiger partial charge in [0.2, 0.25) is 0 Å². The molecule has 0 spiro atoms. The van der Waals surface area contributed by atoms with Crippen molar-refractivity contribution in [2.75, 3.05) is 13.1 Å². The summed E-state index contributed by atoms with van der Waals surface area (Å²) in [7, 11) is 0.